The standard InChI is InChI=1S/C32H38/c1-21-15-24(4)30(18-25-9-6-5-7-10-25)32(16-21)28-12-8-11-27-17-26(20-31(27)28)19-29-22(2)13-14-23(29)3/h8,11-12,15-17,25,29H,2-3,5-7,9-10,13-14,18-20H2,1,4H3. The molecule has 0 saturated heterocycles. The Morgan fingerprint density at radius 2 is 1.62 bits per heavy atom. The summed E-state index contributed by atoms with van der Waals surface area (Å²) in [5.74, 6) is 1.34. The summed E-state index contributed by atoms with van der Waals surface area (Å²) in [6, 6.07) is 11.8. The molecule has 0 nitrogen and oxygen atoms in total. The van der Waals surface area contributed by atoms with Crippen LogP contribution in [0.1, 0.15) is 79.2 Å². The topological polar surface area (TPSA) is 0 Å². The smallest absolute Gasteiger partial charge is 0.00392 e. The largest absolute Gasteiger partial charge is 0.0992 e. The van der Waals surface area contributed by atoms with Crippen molar-refractivity contribution < 1.29 is 0 Å². The lowest BCUT2D eigenvalue weighted by molar-refractivity contribution is 0.356. The second-order valence-electron chi connectivity index (χ2n) is 10.7. The maximum Gasteiger partial charge on any atom is 0.00392 e. The highest BCUT2D eigenvalue weighted by molar-refractivity contribution is 5.80. The Hall–Kier alpha value is -2.34. The van der Waals surface area contributed by atoms with E-state index in [-0.39, 0.29) is 0 Å². The van der Waals surface area contributed by atoms with Crippen LogP contribution >= 0.6 is 0 Å². The van der Waals surface area contributed by atoms with Crippen LogP contribution in [-0.4, -0.2) is 0 Å². The van der Waals surface area contributed by atoms with Gasteiger partial charge < -0.3 is 0 Å². The number of aryl methyl sites for hydroxylation is 2. The molecule has 0 aromatic heterocycles. The van der Waals surface area contributed by atoms with Crippen LogP contribution in [0.25, 0.3) is 17.2 Å². The van der Waals surface area contributed by atoms with Gasteiger partial charge in [-0.2, -0.15) is 0 Å². The van der Waals surface area contributed by atoms with Crippen LogP contribution in [0.15, 0.2) is 60.2 Å². The van der Waals surface area contributed by atoms with E-state index in [4.69, 9.17) is 0 Å². The Morgan fingerprint density at radius 1 is 0.875 bits per heavy atom. The van der Waals surface area contributed by atoms with Gasteiger partial charge in [-0.05, 0) is 85.3 Å². The van der Waals surface area contributed by atoms with E-state index in [1.165, 1.54) is 83.1 Å². The first-order valence-electron chi connectivity index (χ1n) is 12.8. The normalized spacial score (nSPS) is 19.5. The van der Waals surface area contributed by atoms with Gasteiger partial charge in [-0.1, -0.05) is 104 Å². The van der Waals surface area contributed by atoms with Gasteiger partial charge in [0.1, 0.15) is 0 Å². The molecule has 0 heterocycles. The predicted molar refractivity (Wildman–Crippen MR) is 139 cm³/mol. The van der Waals surface area contributed by atoms with Crippen molar-refractivity contribution >= 4 is 6.08 Å². The minimum Gasteiger partial charge on any atom is -0.0992 e. The molecule has 2 aromatic rings. The Kier molecular flexibility index (Phi) is 5.97. The van der Waals surface area contributed by atoms with Crippen LogP contribution in [-0.2, 0) is 12.8 Å². The molecule has 0 amide bonds. The van der Waals surface area contributed by atoms with E-state index < -0.39 is 0 Å². The van der Waals surface area contributed by atoms with E-state index in [1.54, 1.807) is 11.1 Å². The maximum absolute atomic E-state index is 4.34. The van der Waals surface area contributed by atoms with Gasteiger partial charge in [0.15, 0.2) is 0 Å². The first-order valence-corrected chi connectivity index (χ1v) is 12.8. The fourth-order valence-electron chi connectivity index (χ4n) is 6.52. The van der Waals surface area contributed by atoms with Gasteiger partial charge >= 0.3 is 0 Å². The SMILES string of the molecule is C=C1CCC(=C)C1CC1=Cc2cccc(-c3cc(C)cc(C)c3CC3CCCCC3)c2C1. The molecule has 3 aliphatic carbocycles. The average Bonchev–Trinajstić information content (AvgIpc) is 3.34. The molecule has 2 aromatic carbocycles. The van der Waals surface area contributed by atoms with E-state index in [9.17, 15) is 0 Å². The lowest BCUT2D eigenvalue weighted by atomic mass is 9.80. The molecule has 0 radical (unpaired) electrons. The van der Waals surface area contributed by atoms with Crippen LogP contribution in [0.2, 0.25) is 0 Å². The van der Waals surface area contributed by atoms with Gasteiger partial charge in [-0.3, -0.25) is 0 Å². The van der Waals surface area contributed by atoms with Crippen LogP contribution in [0.4, 0.5) is 0 Å². The molecule has 0 spiro atoms. The van der Waals surface area contributed by atoms with E-state index in [1.807, 2.05) is 0 Å². The fraction of sp³-hybridized carbons (Fsp3) is 0.438. The minimum absolute atomic E-state index is 0.488. The summed E-state index contributed by atoms with van der Waals surface area (Å²) in [5, 5.41) is 0. The van der Waals surface area contributed by atoms with Gasteiger partial charge in [0.25, 0.3) is 0 Å². The first kappa shape index (κ1) is 21.5. The fourth-order valence-corrected chi connectivity index (χ4v) is 6.52. The molecule has 0 atom stereocenters. The van der Waals surface area contributed by atoms with Crippen molar-refractivity contribution in [3.05, 3.63) is 88.0 Å². The Bertz CT molecular complexity index is 1070. The van der Waals surface area contributed by atoms with Crippen LogP contribution in [0.3, 0.4) is 0 Å². The molecule has 0 unspecified atom stereocenters. The molecule has 2 saturated carbocycles. The summed E-state index contributed by atoms with van der Waals surface area (Å²) < 4.78 is 0. The molecular formula is C32H38. The van der Waals surface area contributed by atoms with E-state index in [0.717, 1.165) is 31.6 Å². The quantitative estimate of drug-likeness (QED) is 0.422. The number of allylic oxidation sites excluding steroid dienone is 3. The molecule has 0 N–H and O–H groups in total. The number of hydrogen-bond donors (Lipinski definition) is 0. The van der Waals surface area contributed by atoms with Crippen molar-refractivity contribution in [2.75, 3.05) is 0 Å². The maximum atomic E-state index is 4.34. The van der Waals surface area contributed by atoms with Crippen molar-refractivity contribution in [2.45, 2.75) is 78.1 Å². The molecule has 3 aliphatic rings. The summed E-state index contributed by atoms with van der Waals surface area (Å²) in [7, 11) is 0. The van der Waals surface area contributed by atoms with E-state index in [0.29, 0.717) is 5.92 Å². The van der Waals surface area contributed by atoms with Crippen molar-refractivity contribution in [1.29, 1.82) is 0 Å². The van der Waals surface area contributed by atoms with Crippen LogP contribution in [0.5, 0.6) is 0 Å². The molecule has 5 rings (SSSR count). The van der Waals surface area contributed by atoms with E-state index >= 15 is 0 Å². The highest BCUT2D eigenvalue weighted by Crippen LogP contribution is 2.43. The summed E-state index contributed by atoms with van der Waals surface area (Å²) in [4.78, 5) is 0. The highest BCUT2D eigenvalue weighted by Gasteiger charge is 2.27. The molecule has 2 fully saturated rings. The van der Waals surface area contributed by atoms with E-state index in [2.05, 4.69) is 63.4 Å². The van der Waals surface area contributed by atoms with Gasteiger partial charge in [0.2, 0.25) is 0 Å². The molecule has 166 valence electrons. The van der Waals surface area contributed by atoms with Crippen LogP contribution in [0, 0.1) is 25.7 Å². The summed E-state index contributed by atoms with van der Waals surface area (Å²) in [6.45, 7) is 13.3. The van der Waals surface area contributed by atoms with Gasteiger partial charge in [0.05, 0.1) is 0 Å². The van der Waals surface area contributed by atoms with Crippen LogP contribution < -0.4 is 0 Å². The minimum atomic E-state index is 0.488. The zero-order chi connectivity index (χ0) is 22.2. The molecule has 32 heavy (non-hydrogen) atoms. The third kappa shape index (κ3) is 4.17. The zero-order valence-corrected chi connectivity index (χ0v) is 20.1. The van der Waals surface area contributed by atoms with Crippen molar-refractivity contribution in [2.24, 2.45) is 11.8 Å². The van der Waals surface area contributed by atoms with Crippen molar-refractivity contribution in [1.82, 2.24) is 0 Å². The predicted octanol–water partition coefficient (Wildman–Crippen LogP) is 8.95. The number of fused-ring (bicyclic) bond motifs is 1. The number of benzene rings is 2. The molecule has 0 heteroatoms. The third-order valence-electron chi connectivity index (χ3n) is 8.32. The van der Waals surface area contributed by atoms with Crippen molar-refractivity contribution in [3.8, 4) is 11.1 Å². The lowest BCUT2D eigenvalue weighted by Crippen LogP contribution is -2.11. The Morgan fingerprint density at radius 3 is 2.38 bits per heavy atom. The molecule has 0 aliphatic heterocycles. The first-order chi connectivity index (χ1) is 15.5. The van der Waals surface area contributed by atoms with Gasteiger partial charge in [0, 0.05) is 5.92 Å². The average molecular weight is 423 g/mol. The third-order valence-corrected chi connectivity index (χ3v) is 8.32. The lowest BCUT2D eigenvalue weighted by Gasteiger charge is -2.25. The highest BCUT2D eigenvalue weighted by atomic mass is 14.3. The Labute approximate surface area is 195 Å². The zero-order valence-electron chi connectivity index (χ0n) is 20.1. The van der Waals surface area contributed by atoms with Crippen molar-refractivity contribution in [3.63, 3.8) is 0 Å². The summed E-state index contributed by atoms with van der Waals surface area (Å²) >= 11 is 0. The summed E-state index contributed by atoms with van der Waals surface area (Å²) in [6.07, 6.45) is 15.2. The van der Waals surface area contributed by atoms with Gasteiger partial charge in [-0.25, -0.2) is 0 Å². The Balaban J connectivity index is 1.47. The number of hydrogen-bond acceptors (Lipinski definition) is 0. The second kappa shape index (κ2) is 8.89. The monoisotopic (exact) mass is 422 g/mol. The summed E-state index contributed by atoms with van der Waals surface area (Å²) in [5.41, 5.74) is 14.7. The van der Waals surface area contributed by atoms with Gasteiger partial charge in [-0.15, -0.1) is 0 Å². The molecular weight excluding hydrogens is 384 g/mol. The molecule has 0 bridgehead atoms. The number of rotatable bonds is 5. The second-order valence-corrected chi connectivity index (χ2v) is 10.7.